The third kappa shape index (κ3) is 20.5. The van der Waals surface area contributed by atoms with E-state index < -0.39 is 48.5 Å². The monoisotopic (exact) mass is 1420 g/mol. The minimum Gasteiger partial charge on any atom is -0.493 e. The number of aliphatic hydroxyl groups excluding tert-OH is 2. The van der Waals surface area contributed by atoms with E-state index in [0.29, 0.717) is 111 Å². The van der Waals surface area contributed by atoms with Crippen molar-refractivity contribution in [2.45, 2.75) is 124 Å². The zero-order valence-corrected chi connectivity index (χ0v) is 56.6. The Morgan fingerprint density at radius 1 is 0.301 bits per heavy atom. The van der Waals surface area contributed by atoms with E-state index in [1.165, 1.54) is 12.8 Å². The first-order valence-electron chi connectivity index (χ1n) is 35.1. The molecule has 6 aromatic carbocycles. The average molecular weight is 1420 g/mol. The summed E-state index contributed by atoms with van der Waals surface area (Å²) < 4.78 is 75.3. The number of carbonyl (C=O) groups excluding carboxylic acids is 6. The predicted molar refractivity (Wildman–Crippen MR) is 366 cm³/mol. The van der Waals surface area contributed by atoms with Gasteiger partial charge in [0.15, 0.2) is 34.5 Å². The summed E-state index contributed by atoms with van der Waals surface area (Å²) in [6.07, 6.45) is 1.29. The number of rotatable bonds is 39. The minimum atomic E-state index is -1.24. The van der Waals surface area contributed by atoms with Gasteiger partial charge in [-0.15, -0.1) is 0 Å². The molecule has 0 spiro atoms. The number of epoxide rings is 4. The van der Waals surface area contributed by atoms with Crippen LogP contribution in [0.15, 0.2) is 127 Å². The SMILES string of the molecule is O=C1NC(Cc2ccc(OCC(O)COc3ccc(CC4NC(=O)C(Cc5ccc(OCC6CO6)c(OCC6CO6)c5)NC4=O)cc3)c(OCC(O)COc3ccc(CC4NC(=O)C(Cc5ccc(OCC6CC6)cc5)NC4=O)cc3OCC3CO3)c2)C(=O)NC1Cc1ccc(OCC2CO2)cc1. The van der Waals surface area contributed by atoms with Gasteiger partial charge < -0.3 is 104 Å². The van der Waals surface area contributed by atoms with E-state index in [-0.39, 0.29) is 136 Å². The molecule has 8 aliphatic rings. The predicted octanol–water partition coefficient (Wildman–Crippen LogP) is 2.53. The van der Waals surface area contributed by atoms with E-state index in [4.69, 9.17) is 61.6 Å². The lowest BCUT2D eigenvalue weighted by Gasteiger charge is -2.30. The van der Waals surface area contributed by atoms with Crippen molar-refractivity contribution in [3.63, 3.8) is 0 Å². The molecule has 1 saturated carbocycles. The van der Waals surface area contributed by atoms with Gasteiger partial charge in [-0.1, -0.05) is 54.6 Å². The lowest BCUT2D eigenvalue weighted by Crippen LogP contribution is -2.62. The van der Waals surface area contributed by atoms with Crippen LogP contribution >= 0.6 is 0 Å². The fraction of sp³-hybridized carbons (Fsp3) is 0.447. The molecule has 12 atom stereocenters. The molecular formula is C76H84N6O21. The van der Waals surface area contributed by atoms with Gasteiger partial charge in [0.05, 0.1) is 33.0 Å². The molecule has 7 heterocycles. The maximum atomic E-state index is 13.6. The second kappa shape index (κ2) is 32.6. The van der Waals surface area contributed by atoms with Crippen LogP contribution < -0.4 is 74.5 Å². The first-order valence-corrected chi connectivity index (χ1v) is 35.1. The second-order valence-corrected chi connectivity index (χ2v) is 27.2. The molecule has 27 nitrogen and oxygen atoms in total. The van der Waals surface area contributed by atoms with Gasteiger partial charge in [0, 0.05) is 38.5 Å². The van der Waals surface area contributed by atoms with Gasteiger partial charge in [-0.05, 0) is 125 Å². The molecule has 6 aromatic rings. The molecule has 8 fully saturated rings. The molecule has 0 bridgehead atoms. The summed E-state index contributed by atoms with van der Waals surface area (Å²) in [6.45, 7) is 3.59. The first kappa shape index (κ1) is 70.2. The maximum Gasteiger partial charge on any atom is 0.243 e. The van der Waals surface area contributed by atoms with E-state index in [9.17, 15) is 39.0 Å². The van der Waals surface area contributed by atoms with Crippen molar-refractivity contribution in [1.29, 1.82) is 0 Å². The summed E-state index contributed by atoms with van der Waals surface area (Å²) in [5.74, 6) is 2.52. The Morgan fingerprint density at radius 2 is 0.544 bits per heavy atom. The number of piperazine rings is 3. The first-order chi connectivity index (χ1) is 50.1. The third-order valence-corrected chi connectivity index (χ3v) is 18.5. The molecule has 0 radical (unpaired) electrons. The Labute approximate surface area is 594 Å². The second-order valence-electron chi connectivity index (χ2n) is 27.2. The van der Waals surface area contributed by atoms with Crippen molar-refractivity contribution in [3.8, 4) is 51.7 Å². The molecule has 8 N–H and O–H groups in total. The lowest BCUT2D eigenvalue weighted by atomic mass is 9.98. The number of ether oxygens (including phenoxy) is 13. The summed E-state index contributed by atoms with van der Waals surface area (Å²) in [6, 6.07) is 32.4. The molecule has 6 amide bonds. The van der Waals surface area contributed by atoms with Crippen LogP contribution in [0.25, 0.3) is 0 Å². The molecule has 0 aromatic heterocycles. The quantitative estimate of drug-likeness (QED) is 0.0257. The van der Waals surface area contributed by atoms with E-state index in [2.05, 4.69) is 31.9 Å². The highest BCUT2D eigenvalue weighted by Crippen LogP contribution is 2.35. The van der Waals surface area contributed by atoms with Gasteiger partial charge in [-0.25, -0.2) is 0 Å². The van der Waals surface area contributed by atoms with Crippen LogP contribution in [0.2, 0.25) is 0 Å². The summed E-state index contributed by atoms with van der Waals surface area (Å²) in [4.78, 5) is 80.8. The van der Waals surface area contributed by atoms with Gasteiger partial charge in [-0.2, -0.15) is 0 Å². The van der Waals surface area contributed by atoms with Crippen LogP contribution in [0.5, 0.6) is 51.7 Å². The number of hydrogen-bond donors (Lipinski definition) is 8. The molecule has 27 heteroatoms. The average Bonchev–Trinajstić information content (AvgIpc) is 1.22. The standard InChI is InChI=1S/C76H84N6O21/c83-50(31-92-53-14-5-44(6-15-53)22-60-72(86)82-64(76(90)78-60)26-49-11-20-67(101-40-56-37-95-56)70(29-49)103-42-58-39-97-58)32-98-65-18-9-47(24-62-74(88)79-61(73(87)80-62)23-45-7-16-54(17-8-45)93-35-55-36-94-55)27-68(65)100-34-51(84)33-99-66-19-10-48(28-69(66)102-41-57-38-96-57)25-63-75(89)77-59(71(85)81-63)21-43-3-12-52(13-4-43)91-30-46-1-2-46/h3-20,27-29,46,50-51,55-64,83-84H,1-2,21-26,30-42H2,(H,77,89)(H,78,90)(H,79,88)(H,80,87)(H,81,85)(H,82,86). The van der Waals surface area contributed by atoms with Gasteiger partial charge in [0.25, 0.3) is 0 Å². The molecule has 544 valence electrons. The number of carbonyl (C=O) groups is 6. The van der Waals surface area contributed by atoms with Crippen LogP contribution in [-0.2, 0) is 86.2 Å². The highest BCUT2D eigenvalue weighted by Gasteiger charge is 2.38. The molecule has 1 aliphatic carbocycles. The van der Waals surface area contributed by atoms with E-state index >= 15 is 0 Å². The molecule has 103 heavy (non-hydrogen) atoms. The van der Waals surface area contributed by atoms with Crippen LogP contribution in [-0.4, -0.2) is 204 Å². The summed E-state index contributed by atoms with van der Waals surface area (Å²) in [5.41, 5.74) is 4.49. The Morgan fingerprint density at radius 3 is 0.864 bits per heavy atom. The van der Waals surface area contributed by atoms with Crippen LogP contribution in [0.1, 0.15) is 46.2 Å². The number of hydrogen-bond acceptors (Lipinski definition) is 21. The molecular weight excluding hydrogens is 1330 g/mol. The fourth-order valence-corrected chi connectivity index (χ4v) is 11.9. The van der Waals surface area contributed by atoms with Crippen LogP contribution in [0.3, 0.4) is 0 Å². The number of aliphatic hydroxyl groups is 2. The van der Waals surface area contributed by atoms with Crippen molar-refractivity contribution in [2.75, 3.05) is 85.9 Å². The van der Waals surface area contributed by atoms with E-state index in [1.54, 1.807) is 66.7 Å². The largest absolute Gasteiger partial charge is 0.493 e. The molecule has 7 saturated heterocycles. The van der Waals surface area contributed by atoms with Gasteiger partial charge in [0.2, 0.25) is 35.4 Å². The van der Waals surface area contributed by atoms with Crippen LogP contribution in [0, 0.1) is 5.92 Å². The molecule has 12 unspecified atom stereocenters. The highest BCUT2D eigenvalue weighted by molar-refractivity contribution is 5.99. The number of benzene rings is 6. The Hall–Kier alpha value is -9.90. The summed E-state index contributed by atoms with van der Waals surface area (Å²) in [7, 11) is 0. The van der Waals surface area contributed by atoms with E-state index in [1.807, 2.05) is 60.7 Å². The van der Waals surface area contributed by atoms with Crippen molar-refractivity contribution < 1.29 is 101 Å². The summed E-state index contributed by atoms with van der Waals surface area (Å²) >= 11 is 0. The van der Waals surface area contributed by atoms with Crippen molar-refractivity contribution in [1.82, 2.24) is 31.9 Å². The fourth-order valence-electron chi connectivity index (χ4n) is 11.9. The highest BCUT2D eigenvalue weighted by atomic mass is 16.6. The van der Waals surface area contributed by atoms with Gasteiger partial charge in [0.1, 0.15) is 143 Å². The minimum absolute atomic E-state index is 0.0258. The Bertz CT molecular complexity index is 3980. The Balaban J connectivity index is 0.573. The third-order valence-electron chi connectivity index (χ3n) is 18.5. The Kier molecular flexibility index (Phi) is 22.2. The topological polar surface area (TPSA) is 348 Å². The van der Waals surface area contributed by atoms with E-state index in [0.717, 1.165) is 28.0 Å². The molecule has 14 rings (SSSR count). The van der Waals surface area contributed by atoms with Crippen LogP contribution in [0.4, 0.5) is 0 Å². The van der Waals surface area contributed by atoms with Gasteiger partial charge in [-0.3, -0.25) is 28.8 Å². The zero-order valence-electron chi connectivity index (χ0n) is 56.6. The number of nitrogens with one attached hydrogen (secondary N) is 6. The smallest absolute Gasteiger partial charge is 0.243 e. The lowest BCUT2D eigenvalue weighted by molar-refractivity contribution is -0.136. The normalized spacial score (nSPS) is 24.3. The van der Waals surface area contributed by atoms with Crippen molar-refractivity contribution in [2.24, 2.45) is 5.92 Å². The number of amides is 6. The van der Waals surface area contributed by atoms with Crippen molar-refractivity contribution >= 4 is 35.4 Å². The maximum absolute atomic E-state index is 13.6. The van der Waals surface area contributed by atoms with Crippen molar-refractivity contribution in [3.05, 3.63) is 161 Å². The summed E-state index contributed by atoms with van der Waals surface area (Å²) in [5, 5.41) is 39.9. The van der Waals surface area contributed by atoms with Gasteiger partial charge >= 0.3 is 0 Å². The molecule has 7 aliphatic heterocycles. The zero-order chi connectivity index (χ0) is 70.8.